The molecule has 1 aromatic carbocycles. The quantitative estimate of drug-likeness (QED) is 0.782. The Bertz CT molecular complexity index is 738. The van der Waals surface area contributed by atoms with Gasteiger partial charge in [0.25, 0.3) is 5.91 Å². The Morgan fingerprint density at radius 3 is 2.33 bits per heavy atom. The van der Waals surface area contributed by atoms with Crippen molar-refractivity contribution in [3.05, 3.63) is 35.7 Å². The number of Topliss-reactive ketones (excluding diaryl/α,β-unsaturated/α-hetero) is 1. The molecule has 2 aromatic rings. The third-order valence-corrected chi connectivity index (χ3v) is 3.21. The van der Waals surface area contributed by atoms with E-state index in [2.05, 4.69) is 14.7 Å². The van der Waals surface area contributed by atoms with Crippen molar-refractivity contribution in [2.75, 3.05) is 7.05 Å². The third kappa shape index (κ3) is 3.98. The topological polar surface area (TPSA) is 76.3 Å². The van der Waals surface area contributed by atoms with Crippen molar-refractivity contribution in [1.82, 2.24) is 15.0 Å². The lowest BCUT2D eigenvalue weighted by Gasteiger charge is -2.16. The number of amides is 1. The van der Waals surface area contributed by atoms with Gasteiger partial charge in [-0.2, -0.15) is 18.2 Å². The largest absolute Gasteiger partial charge is 0.471 e. The number of hydrogen-bond acceptors (Lipinski definition) is 5. The highest BCUT2D eigenvalue weighted by atomic mass is 19.4. The molecule has 0 atom stereocenters. The molecule has 0 saturated carbocycles. The number of benzene rings is 1. The molecule has 0 N–H and O–H groups in total. The number of carbonyl (C=O) groups is 2. The van der Waals surface area contributed by atoms with Gasteiger partial charge in [0.05, 0.1) is 0 Å². The van der Waals surface area contributed by atoms with Crippen molar-refractivity contribution >= 4 is 11.7 Å². The molecule has 0 bridgehead atoms. The first kappa shape index (κ1) is 17.6. The summed E-state index contributed by atoms with van der Waals surface area (Å²) in [6.07, 6.45) is -4.57. The minimum atomic E-state index is -4.69. The van der Waals surface area contributed by atoms with Crippen LogP contribution in [0, 0.1) is 0 Å². The van der Waals surface area contributed by atoms with Gasteiger partial charge in [-0.25, -0.2) is 0 Å². The molecular weight excluding hydrogens is 327 g/mol. The molecule has 128 valence electrons. The zero-order chi connectivity index (χ0) is 17.9. The minimum Gasteiger partial charge on any atom is -0.335 e. The molecule has 0 radical (unpaired) electrons. The Morgan fingerprint density at radius 1 is 1.21 bits per heavy atom. The average molecular weight is 341 g/mol. The maximum absolute atomic E-state index is 12.4. The minimum absolute atomic E-state index is 0.126. The summed E-state index contributed by atoms with van der Waals surface area (Å²) in [7, 11) is 1.50. The molecule has 0 aliphatic rings. The molecule has 0 aliphatic carbocycles. The first-order valence-electron chi connectivity index (χ1n) is 7.01. The molecule has 2 rings (SSSR count). The number of ketones is 1. The van der Waals surface area contributed by atoms with Gasteiger partial charge >= 0.3 is 12.1 Å². The molecule has 1 amide bonds. The van der Waals surface area contributed by atoms with Crippen LogP contribution < -0.4 is 0 Å². The standard InChI is InChI=1S/C15H14F3N3O3/c1-3-11(22)13(23)21(2)8-9-4-6-10(7-5-9)12-19-14(24-20-12)15(16,17)18/h4-7H,3,8H2,1-2H3. The van der Waals surface area contributed by atoms with E-state index in [0.29, 0.717) is 11.1 Å². The van der Waals surface area contributed by atoms with Crippen LogP contribution in [0.15, 0.2) is 28.8 Å². The van der Waals surface area contributed by atoms with E-state index < -0.39 is 23.8 Å². The molecule has 24 heavy (non-hydrogen) atoms. The number of nitrogens with zero attached hydrogens (tertiary/aromatic N) is 3. The second kappa shape index (κ2) is 6.81. The van der Waals surface area contributed by atoms with Crippen LogP contribution in [-0.4, -0.2) is 33.8 Å². The van der Waals surface area contributed by atoms with Crippen molar-refractivity contribution in [2.24, 2.45) is 0 Å². The fourth-order valence-electron chi connectivity index (χ4n) is 1.92. The van der Waals surface area contributed by atoms with Crippen molar-refractivity contribution in [1.29, 1.82) is 0 Å². The van der Waals surface area contributed by atoms with Crippen molar-refractivity contribution in [3.63, 3.8) is 0 Å². The first-order valence-corrected chi connectivity index (χ1v) is 7.01. The van der Waals surface area contributed by atoms with Crippen molar-refractivity contribution in [3.8, 4) is 11.4 Å². The van der Waals surface area contributed by atoms with Crippen LogP contribution in [0.4, 0.5) is 13.2 Å². The van der Waals surface area contributed by atoms with Crippen LogP contribution in [0.2, 0.25) is 0 Å². The average Bonchev–Trinajstić information content (AvgIpc) is 3.04. The first-order chi connectivity index (χ1) is 11.2. The summed E-state index contributed by atoms with van der Waals surface area (Å²) in [6, 6.07) is 6.25. The maximum Gasteiger partial charge on any atom is 0.471 e. The molecule has 0 saturated heterocycles. The van der Waals surface area contributed by atoms with Crippen LogP contribution in [0.3, 0.4) is 0 Å². The summed E-state index contributed by atoms with van der Waals surface area (Å²) >= 11 is 0. The van der Waals surface area contributed by atoms with E-state index in [1.54, 1.807) is 19.1 Å². The van der Waals surface area contributed by atoms with Gasteiger partial charge in [-0.3, -0.25) is 9.59 Å². The van der Waals surface area contributed by atoms with E-state index in [1.807, 2.05) is 0 Å². The van der Waals surface area contributed by atoms with Crippen LogP contribution in [0.1, 0.15) is 24.8 Å². The van der Waals surface area contributed by atoms with Gasteiger partial charge in [0.15, 0.2) is 0 Å². The number of alkyl halides is 3. The number of likely N-dealkylation sites (N-methyl/N-ethyl adjacent to an activating group) is 1. The summed E-state index contributed by atoms with van der Waals surface area (Å²) in [4.78, 5) is 27.6. The Labute approximate surface area is 135 Å². The monoisotopic (exact) mass is 341 g/mol. The Hall–Kier alpha value is -2.71. The molecule has 0 aliphatic heterocycles. The molecule has 1 aromatic heterocycles. The lowest BCUT2D eigenvalue weighted by atomic mass is 10.1. The fraction of sp³-hybridized carbons (Fsp3) is 0.333. The lowest BCUT2D eigenvalue weighted by molar-refractivity contribution is -0.159. The van der Waals surface area contributed by atoms with E-state index in [-0.39, 0.29) is 18.8 Å². The second-order valence-corrected chi connectivity index (χ2v) is 5.06. The number of hydrogen-bond donors (Lipinski definition) is 0. The summed E-state index contributed by atoms with van der Waals surface area (Å²) < 4.78 is 41.5. The summed E-state index contributed by atoms with van der Waals surface area (Å²) in [6.45, 7) is 1.80. The van der Waals surface area contributed by atoms with Gasteiger partial charge in [-0.15, -0.1) is 0 Å². The van der Waals surface area contributed by atoms with Crippen molar-refractivity contribution in [2.45, 2.75) is 26.1 Å². The third-order valence-electron chi connectivity index (χ3n) is 3.21. The molecular formula is C15H14F3N3O3. The van der Waals surface area contributed by atoms with Gasteiger partial charge < -0.3 is 9.42 Å². The van der Waals surface area contributed by atoms with E-state index in [4.69, 9.17) is 0 Å². The van der Waals surface area contributed by atoms with Gasteiger partial charge in [0.2, 0.25) is 11.6 Å². The number of halogens is 3. The number of aromatic nitrogens is 2. The highest BCUT2D eigenvalue weighted by Gasteiger charge is 2.38. The zero-order valence-electron chi connectivity index (χ0n) is 12.9. The van der Waals surface area contributed by atoms with Gasteiger partial charge in [-0.05, 0) is 5.56 Å². The Morgan fingerprint density at radius 2 is 1.83 bits per heavy atom. The highest BCUT2D eigenvalue weighted by molar-refractivity contribution is 6.35. The van der Waals surface area contributed by atoms with Gasteiger partial charge in [-0.1, -0.05) is 36.3 Å². The van der Waals surface area contributed by atoms with Crippen LogP contribution >= 0.6 is 0 Å². The van der Waals surface area contributed by atoms with E-state index in [9.17, 15) is 22.8 Å². The van der Waals surface area contributed by atoms with Gasteiger partial charge in [0.1, 0.15) is 0 Å². The van der Waals surface area contributed by atoms with E-state index in [0.717, 1.165) is 0 Å². The highest BCUT2D eigenvalue weighted by Crippen LogP contribution is 2.29. The lowest BCUT2D eigenvalue weighted by Crippen LogP contribution is -2.32. The number of rotatable bonds is 5. The predicted octanol–water partition coefficient (Wildman–Crippen LogP) is 2.69. The molecule has 0 spiro atoms. The van der Waals surface area contributed by atoms with Crippen LogP contribution in [-0.2, 0) is 22.3 Å². The molecule has 0 unspecified atom stereocenters. The number of carbonyl (C=O) groups excluding carboxylic acids is 2. The molecule has 9 heteroatoms. The smallest absolute Gasteiger partial charge is 0.335 e. The van der Waals surface area contributed by atoms with E-state index >= 15 is 0 Å². The molecule has 0 fully saturated rings. The maximum atomic E-state index is 12.4. The predicted molar refractivity (Wildman–Crippen MR) is 76.5 cm³/mol. The molecule has 6 nitrogen and oxygen atoms in total. The SMILES string of the molecule is CCC(=O)C(=O)N(C)Cc1ccc(-c2noc(C(F)(F)F)n2)cc1. The van der Waals surface area contributed by atoms with Crippen LogP contribution in [0.5, 0.6) is 0 Å². The van der Waals surface area contributed by atoms with Crippen LogP contribution in [0.25, 0.3) is 11.4 Å². The normalized spacial score (nSPS) is 11.4. The summed E-state index contributed by atoms with van der Waals surface area (Å²) in [5.74, 6) is -2.67. The second-order valence-electron chi connectivity index (χ2n) is 5.06. The van der Waals surface area contributed by atoms with Crippen molar-refractivity contribution < 1.29 is 27.3 Å². The van der Waals surface area contributed by atoms with Gasteiger partial charge in [0, 0.05) is 25.6 Å². The summed E-state index contributed by atoms with van der Waals surface area (Å²) in [5, 5.41) is 3.29. The Kier molecular flexibility index (Phi) is 5.01. The summed E-state index contributed by atoms with van der Waals surface area (Å²) in [5.41, 5.74) is 1.05. The zero-order valence-corrected chi connectivity index (χ0v) is 12.9. The fourth-order valence-corrected chi connectivity index (χ4v) is 1.92. The molecule has 1 heterocycles. The van der Waals surface area contributed by atoms with E-state index in [1.165, 1.54) is 24.1 Å². The Balaban J connectivity index is 2.09.